The van der Waals surface area contributed by atoms with Crippen molar-refractivity contribution in [3.05, 3.63) is 43.2 Å². The molecule has 102 valence electrons. The van der Waals surface area contributed by atoms with E-state index < -0.39 is 15.0 Å². The molecular formula is C12H21N2O3S+. The van der Waals surface area contributed by atoms with E-state index in [4.69, 9.17) is 0 Å². The van der Waals surface area contributed by atoms with Crippen LogP contribution in [0, 0.1) is 0 Å². The summed E-state index contributed by atoms with van der Waals surface area (Å²) in [5.41, 5.74) is 0. The Labute approximate surface area is 109 Å². The fourth-order valence-corrected chi connectivity index (χ4v) is 2.47. The number of nitrogens with one attached hydrogen (secondary N) is 1. The predicted octanol–water partition coefficient (Wildman–Crippen LogP) is 0.946. The molecule has 0 radical (unpaired) electrons. The first-order valence-electron chi connectivity index (χ1n) is 5.55. The van der Waals surface area contributed by atoms with E-state index in [0.717, 1.165) is 0 Å². The highest BCUT2D eigenvalue weighted by atomic mass is 32.2. The Hall–Kier alpha value is -1.24. The van der Waals surface area contributed by atoms with Crippen LogP contribution in [-0.4, -0.2) is 27.1 Å². The summed E-state index contributed by atoms with van der Waals surface area (Å²) in [6, 6.07) is 5.15. The van der Waals surface area contributed by atoms with E-state index >= 15 is 0 Å². The zero-order valence-corrected chi connectivity index (χ0v) is 11.8. The monoisotopic (exact) mass is 273 g/mol. The van der Waals surface area contributed by atoms with E-state index in [1.807, 2.05) is 14.1 Å². The molecule has 5 nitrogen and oxygen atoms in total. The molecule has 1 heterocycles. The maximum absolute atomic E-state index is 11.4. The summed E-state index contributed by atoms with van der Waals surface area (Å²) in [7, 11) is -0.485. The van der Waals surface area contributed by atoms with Gasteiger partial charge in [-0.3, -0.25) is 4.55 Å². The lowest BCUT2D eigenvalue weighted by Gasteiger charge is -2.19. The molecule has 0 bridgehead atoms. The second-order valence-electron chi connectivity index (χ2n) is 3.66. The number of aromatic nitrogens is 1. The summed E-state index contributed by atoms with van der Waals surface area (Å²) >= 11 is 0. The molecule has 0 fully saturated rings. The largest absolute Gasteiger partial charge is 0.336 e. The summed E-state index contributed by atoms with van der Waals surface area (Å²) in [6.07, 6.45) is 4.62. The van der Waals surface area contributed by atoms with Crippen molar-refractivity contribution in [2.75, 3.05) is 14.1 Å². The van der Waals surface area contributed by atoms with Gasteiger partial charge in [0.05, 0.1) is 0 Å². The lowest BCUT2D eigenvalue weighted by atomic mass is 10.2. The summed E-state index contributed by atoms with van der Waals surface area (Å²) < 4.78 is 33.4. The molecule has 0 aliphatic carbocycles. The van der Waals surface area contributed by atoms with Crippen LogP contribution in [0.5, 0.6) is 0 Å². The van der Waals surface area contributed by atoms with E-state index in [0.29, 0.717) is 0 Å². The van der Waals surface area contributed by atoms with Gasteiger partial charge in [0.15, 0.2) is 12.4 Å². The summed E-state index contributed by atoms with van der Waals surface area (Å²) in [6.45, 7) is 5.16. The topological polar surface area (TPSA) is 70.3 Å². The van der Waals surface area contributed by atoms with Crippen molar-refractivity contribution in [1.29, 1.82) is 0 Å². The Bertz CT molecular complexity index is 459. The van der Waals surface area contributed by atoms with Gasteiger partial charge in [0.2, 0.25) is 0 Å². The number of pyridine rings is 1. The van der Waals surface area contributed by atoms with Crippen LogP contribution >= 0.6 is 0 Å². The molecule has 1 unspecified atom stereocenters. The van der Waals surface area contributed by atoms with E-state index in [1.54, 1.807) is 37.5 Å². The van der Waals surface area contributed by atoms with Crippen molar-refractivity contribution >= 4 is 10.1 Å². The Morgan fingerprint density at radius 2 is 1.78 bits per heavy atom. The molecule has 1 aromatic rings. The summed E-state index contributed by atoms with van der Waals surface area (Å²) in [5, 5.41) is 2.75. The van der Waals surface area contributed by atoms with Crippen LogP contribution in [0.15, 0.2) is 43.2 Å². The van der Waals surface area contributed by atoms with Gasteiger partial charge in [-0.2, -0.15) is 13.0 Å². The molecule has 0 saturated heterocycles. The van der Waals surface area contributed by atoms with Gasteiger partial charge in [0.1, 0.15) is 0 Å². The van der Waals surface area contributed by atoms with Gasteiger partial charge in [-0.15, -0.1) is 0 Å². The van der Waals surface area contributed by atoms with E-state index in [2.05, 4.69) is 11.9 Å². The molecule has 0 saturated carbocycles. The molecule has 0 aliphatic heterocycles. The van der Waals surface area contributed by atoms with Crippen LogP contribution < -0.4 is 9.88 Å². The molecule has 1 rings (SSSR count). The van der Waals surface area contributed by atoms with Crippen molar-refractivity contribution in [3.63, 3.8) is 0 Å². The van der Waals surface area contributed by atoms with Gasteiger partial charge >= 0.3 is 15.0 Å². The Morgan fingerprint density at radius 3 is 2.06 bits per heavy atom. The molecule has 0 aliphatic rings. The van der Waals surface area contributed by atoms with E-state index in [-0.39, 0.29) is 6.42 Å². The third kappa shape index (κ3) is 3.63. The van der Waals surface area contributed by atoms with Gasteiger partial charge in [0.25, 0.3) is 0 Å². The van der Waals surface area contributed by atoms with E-state index in [1.165, 1.54) is 10.6 Å². The van der Waals surface area contributed by atoms with Gasteiger partial charge in [-0.25, -0.2) is 0 Å². The van der Waals surface area contributed by atoms with Crippen molar-refractivity contribution in [1.82, 2.24) is 5.32 Å². The number of rotatable bonds is 4. The summed E-state index contributed by atoms with van der Waals surface area (Å²) in [4.78, 5) is -1.48. The molecule has 6 heteroatoms. The Morgan fingerprint density at radius 1 is 1.33 bits per heavy atom. The fourth-order valence-electron chi connectivity index (χ4n) is 1.50. The zero-order chi connectivity index (χ0) is 14.2. The second-order valence-corrected chi connectivity index (χ2v) is 5.32. The summed E-state index contributed by atoms with van der Waals surface area (Å²) in [5.74, 6) is 0. The third-order valence-electron chi connectivity index (χ3n) is 2.42. The maximum Gasteiger partial charge on any atom is 0.336 e. The average Bonchev–Trinajstić information content (AvgIpc) is 2.32. The maximum atomic E-state index is 11.4. The first kappa shape index (κ1) is 16.8. The molecule has 1 atom stereocenters. The highest BCUT2D eigenvalue weighted by Gasteiger charge is 2.47. The first-order valence-corrected chi connectivity index (χ1v) is 6.99. The van der Waals surface area contributed by atoms with Crippen LogP contribution in [0.3, 0.4) is 0 Å². The number of hydrogen-bond donors (Lipinski definition) is 2. The molecule has 0 spiro atoms. The van der Waals surface area contributed by atoms with Crippen LogP contribution in [0.1, 0.15) is 13.3 Å². The van der Waals surface area contributed by atoms with Gasteiger partial charge in [-0.05, 0) is 20.2 Å². The predicted molar refractivity (Wildman–Crippen MR) is 71.6 cm³/mol. The van der Waals surface area contributed by atoms with Gasteiger partial charge < -0.3 is 5.32 Å². The number of nitrogens with zero attached hydrogens (tertiary/aromatic N) is 1. The van der Waals surface area contributed by atoms with Crippen LogP contribution in [-0.2, 0) is 15.0 Å². The molecular weight excluding hydrogens is 252 g/mol. The highest BCUT2D eigenvalue weighted by Crippen LogP contribution is 2.21. The van der Waals surface area contributed by atoms with Crippen LogP contribution in [0.4, 0.5) is 0 Å². The highest BCUT2D eigenvalue weighted by molar-refractivity contribution is 7.86. The van der Waals surface area contributed by atoms with Crippen molar-refractivity contribution in [2.45, 2.75) is 18.2 Å². The quantitative estimate of drug-likeness (QED) is 0.487. The van der Waals surface area contributed by atoms with Crippen LogP contribution in [0.25, 0.3) is 0 Å². The molecule has 0 aromatic carbocycles. The molecule has 0 amide bonds. The Balaban J connectivity index is 0.000000873. The standard InChI is InChI=1S/C10H13NO3S.C2H7N/c1-3-10(4-2,15(12,13)14)11-8-6-5-7-9-11;1-3-2/h3,5-9H,1,4H2,2H3;3H,1-2H3/p+1. The minimum absolute atomic E-state index is 0.212. The van der Waals surface area contributed by atoms with Crippen molar-refractivity contribution in [3.8, 4) is 0 Å². The minimum Gasteiger partial charge on any atom is -0.323 e. The lowest BCUT2D eigenvalue weighted by molar-refractivity contribution is -0.729. The van der Waals surface area contributed by atoms with Gasteiger partial charge in [-0.1, -0.05) is 19.6 Å². The average molecular weight is 273 g/mol. The normalized spacial score (nSPS) is 14.0. The fraction of sp³-hybridized carbons (Fsp3) is 0.417. The minimum atomic E-state index is -4.23. The van der Waals surface area contributed by atoms with Crippen LogP contribution in [0.2, 0.25) is 0 Å². The number of hydrogen-bond acceptors (Lipinski definition) is 3. The van der Waals surface area contributed by atoms with E-state index in [9.17, 15) is 13.0 Å². The Kier molecular flexibility index (Phi) is 6.75. The lowest BCUT2D eigenvalue weighted by Crippen LogP contribution is -2.58. The SMILES string of the molecule is C=CC(CC)([n+]1ccccc1)S(=O)(=O)O.CNC. The van der Waals surface area contributed by atoms with Crippen molar-refractivity contribution in [2.24, 2.45) is 0 Å². The molecule has 18 heavy (non-hydrogen) atoms. The van der Waals surface area contributed by atoms with Gasteiger partial charge in [0, 0.05) is 18.6 Å². The smallest absolute Gasteiger partial charge is 0.323 e. The molecule has 1 aromatic heterocycles. The molecule has 2 N–H and O–H groups in total. The first-order chi connectivity index (χ1) is 8.39. The zero-order valence-electron chi connectivity index (χ0n) is 11.0. The second kappa shape index (κ2) is 7.25. The van der Waals surface area contributed by atoms with Crippen molar-refractivity contribution < 1.29 is 17.5 Å². The third-order valence-corrected chi connectivity index (χ3v) is 3.98.